The normalized spacial score (nSPS) is 10.1. The summed E-state index contributed by atoms with van der Waals surface area (Å²) in [4.78, 5) is 12.8. The maximum absolute atomic E-state index is 12.0. The number of benzene rings is 1. The van der Waals surface area contributed by atoms with Crippen LogP contribution < -0.4 is 0 Å². The van der Waals surface area contributed by atoms with Gasteiger partial charge < -0.3 is 4.74 Å². The van der Waals surface area contributed by atoms with E-state index in [1.807, 2.05) is 6.26 Å². The van der Waals surface area contributed by atoms with E-state index in [0.717, 1.165) is 4.90 Å². The number of nitriles is 1. The molecule has 0 aromatic heterocycles. The number of carbonyl (C=O) groups excluding carboxylic acids is 1. The molecule has 0 radical (unpaired) electrons. The van der Waals surface area contributed by atoms with Gasteiger partial charge in [-0.25, -0.2) is 4.79 Å². The van der Waals surface area contributed by atoms with Gasteiger partial charge in [-0.05, 0) is 44.7 Å². The lowest BCUT2D eigenvalue weighted by atomic mass is 10.0. The monoisotopic (exact) mass is 249 g/mol. The highest BCUT2D eigenvalue weighted by atomic mass is 32.2. The standard InChI is InChI=1S/C13H15NO2S/c1-8(2)16-13(15)12-9(3)10(7-14)5-6-11(12)17-4/h5-6,8H,1-4H3. The first kappa shape index (κ1) is 13.6. The predicted octanol–water partition coefficient (Wildman–Crippen LogP) is 3.15. The zero-order valence-electron chi connectivity index (χ0n) is 10.4. The second kappa shape index (κ2) is 5.74. The highest BCUT2D eigenvalue weighted by Gasteiger charge is 2.18. The minimum atomic E-state index is -0.362. The number of ether oxygens (including phenoxy) is 1. The van der Waals surface area contributed by atoms with Crippen molar-refractivity contribution >= 4 is 17.7 Å². The average molecular weight is 249 g/mol. The van der Waals surface area contributed by atoms with Gasteiger partial charge in [0.05, 0.1) is 23.3 Å². The van der Waals surface area contributed by atoms with Crippen LogP contribution in [-0.2, 0) is 4.74 Å². The van der Waals surface area contributed by atoms with E-state index in [0.29, 0.717) is 16.7 Å². The number of esters is 1. The third-order valence-corrected chi connectivity index (χ3v) is 3.09. The van der Waals surface area contributed by atoms with Crippen LogP contribution in [0.15, 0.2) is 17.0 Å². The molecule has 0 heterocycles. The highest BCUT2D eigenvalue weighted by molar-refractivity contribution is 7.98. The lowest BCUT2D eigenvalue weighted by molar-refractivity contribution is 0.0373. The van der Waals surface area contributed by atoms with Gasteiger partial charge in [0.25, 0.3) is 0 Å². The molecular formula is C13H15NO2S. The predicted molar refractivity (Wildman–Crippen MR) is 68.2 cm³/mol. The number of carbonyl (C=O) groups is 1. The number of hydrogen-bond acceptors (Lipinski definition) is 4. The van der Waals surface area contributed by atoms with E-state index >= 15 is 0 Å². The molecule has 90 valence electrons. The lowest BCUT2D eigenvalue weighted by Crippen LogP contribution is -2.14. The largest absolute Gasteiger partial charge is 0.459 e. The first-order chi connectivity index (χ1) is 8.01. The van der Waals surface area contributed by atoms with Crippen LogP contribution in [0.3, 0.4) is 0 Å². The van der Waals surface area contributed by atoms with Crippen LogP contribution >= 0.6 is 11.8 Å². The van der Waals surface area contributed by atoms with E-state index < -0.39 is 0 Å². The third-order valence-electron chi connectivity index (χ3n) is 2.31. The van der Waals surface area contributed by atoms with Gasteiger partial charge in [0, 0.05) is 4.90 Å². The van der Waals surface area contributed by atoms with Crippen molar-refractivity contribution in [3.8, 4) is 6.07 Å². The average Bonchev–Trinajstić information content (AvgIpc) is 2.27. The van der Waals surface area contributed by atoms with E-state index in [1.54, 1.807) is 32.9 Å². The minimum absolute atomic E-state index is 0.164. The fourth-order valence-electron chi connectivity index (χ4n) is 1.50. The zero-order valence-corrected chi connectivity index (χ0v) is 11.2. The molecule has 0 spiro atoms. The molecule has 0 N–H and O–H groups in total. The fraction of sp³-hybridized carbons (Fsp3) is 0.385. The molecule has 3 nitrogen and oxygen atoms in total. The summed E-state index contributed by atoms with van der Waals surface area (Å²) in [6.07, 6.45) is 1.73. The zero-order chi connectivity index (χ0) is 13.0. The van der Waals surface area contributed by atoms with Crippen molar-refractivity contribution < 1.29 is 9.53 Å². The Kier molecular flexibility index (Phi) is 4.59. The van der Waals surface area contributed by atoms with Crippen molar-refractivity contribution in [3.63, 3.8) is 0 Å². The SMILES string of the molecule is CSc1ccc(C#N)c(C)c1C(=O)OC(C)C. The molecule has 1 aromatic carbocycles. The van der Waals surface area contributed by atoms with Crippen LogP contribution in [0.5, 0.6) is 0 Å². The Morgan fingerprint density at radius 3 is 2.59 bits per heavy atom. The summed E-state index contributed by atoms with van der Waals surface area (Å²) < 4.78 is 5.20. The van der Waals surface area contributed by atoms with Gasteiger partial charge in [-0.15, -0.1) is 11.8 Å². The Balaban J connectivity index is 3.29. The smallest absolute Gasteiger partial charge is 0.339 e. The molecule has 0 saturated carbocycles. The van der Waals surface area contributed by atoms with Crippen molar-refractivity contribution in [1.29, 1.82) is 5.26 Å². The summed E-state index contributed by atoms with van der Waals surface area (Å²) in [7, 11) is 0. The van der Waals surface area contributed by atoms with E-state index in [-0.39, 0.29) is 12.1 Å². The van der Waals surface area contributed by atoms with E-state index in [1.165, 1.54) is 11.8 Å². The van der Waals surface area contributed by atoms with Crippen molar-refractivity contribution in [3.05, 3.63) is 28.8 Å². The molecule has 1 aromatic rings. The third kappa shape index (κ3) is 3.01. The molecule has 0 unspecified atom stereocenters. The molecule has 0 saturated heterocycles. The Morgan fingerprint density at radius 1 is 1.47 bits per heavy atom. The molecule has 17 heavy (non-hydrogen) atoms. The molecule has 0 bridgehead atoms. The van der Waals surface area contributed by atoms with E-state index in [9.17, 15) is 4.79 Å². The lowest BCUT2D eigenvalue weighted by Gasteiger charge is -2.13. The minimum Gasteiger partial charge on any atom is -0.459 e. The summed E-state index contributed by atoms with van der Waals surface area (Å²) in [5, 5.41) is 8.96. The van der Waals surface area contributed by atoms with Gasteiger partial charge in [-0.2, -0.15) is 5.26 Å². The van der Waals surface area contributed by atoms with Gasteiger partial charge in [-0.3, -0.25) is 0 Å². The topological polar surface area (TPSA) is 50.1 Å². The Bertz CT molecular complexity index is 475. The molecular weight excluding hydrogens is 234 g/mol. The van der Waals surface area contributed by atoms with Crippen LogP contribution in [0, 0.1) is 18.3 Å². The van der Waals surface area contributed by atoms with Crippen LogP contribution in [0.1, 0.15) is 35.3 Å². The molecule has 0 aliphatic heterocycles. The Morgan fingerprint density at radius 2 is 2.12 bits per heavy atom. The highest BCUT2D eigenvalue weighted by Crippen LogP contribution is 2.26. The first-order valence-corrected chi connectivity index (χ1v) is 6.52. The number of hydrogen-bond donors (Lipinski definition) is 0. The van der Waals surface area contributed by atoms with Crippen LogP contribution in [-0.4, -0.2) is 18.3 Å². The van der Waals surface area contributed by atoms with Crippen LogP contribution in [0.2, 0.25) is 0 Å². The van der Waals surface area contributed by atoms with Crippen LogP contribution in [0.25, 0.3) is 0 Å². The fourth-order valence-corrected chi connectivity index (χ4v) is 2.15. The molecule has 1 rings (SSSR count). The maximum Gasteiger partial charge on any atom is 0.339 e. The number of thioether (sulfide) groups is 1. The summed E-state index contributed by atoms with van der Waals surface area (Å²) in [6.45, 7) is 5.38. The quantitative estimate of drug-likeness (QED) is 0.610. The van der Waals surface area contributed by atoms with Gasteiger partial charge in [0.15, 0.2) is 0 Å². The number of nitrogens with zero attached hydrogens (tertiary/aromatic N) is 1. The summed E-state index contributed by atoms with van der Waals surface area (Å²) >= 11 is 1.47. The van der Waals surface area contributed by atoms with Gasteiger partial charge in [-0.1, -0.05) is 0 Å². The van der Waals surface area contributed by atoms with Gasteiger partial charge in [0.2, 0.25) is 0 Å². The maximum atomic E-state index is 12.0. The molecule has 0 atom stereocenters. The van der Waals surface area contributed by atoms with Crippen molar-refractivity contribution in [2.24, 2.45) is 0 Å². The molecule has 0 aliphatic rings. The number of rotatable bonds is 3. The Hall–Kier alpha value is -1.47. The summed E-state index contributed by atoms with van der Waals surface area (Å²) in [6, 6.07) is 5.59. The second-order valence-corrected chi connectivity index (χ2v) is 4.73. The van der Waals surface area contributed by atoms with Crippen molar-refractivity contribution in [2.45, 2.75) is 31.8 Å². The van der Waals surface area contributed by atoms with Crippen LogP contribution in [0.4, 0.5) is 0 Å². The van der Waals surface area contributed by atoms with Gasteiger partial charge >= 0.3 is 5.97 Å². The second-order valence-electron chi connectivity index (χ2n) is 3.88. The van der Waals surface area contributed by atoms with Crippen molar-refractivity contribution in [1.82, 2.24) is 0 Å². The molecule has 0 aliphatic carbocycles. The van der Waals surface area contributed by atoms with Crippen molar-refractivity contribution in [2.75, 3.05) is 6.26 Å². The molecule has 4 heteroatoms. The van der Waals surface area contributed by atoms with E-state index in [4.69, 9.17) is 10.00 Å². The summed E-state index contributed by atoms with van der Waals surface area (Å²) in [5.74, 6) is -0.362. The van der Waals surface area contributed by atoms with E-state index in [2.05, 4.69) is 6.07 Å². The van der Waals surface area contributed by atoms with Gasteiger partial charge in [0.1, 0.15) is 0 Å². The first-order valence-electron chi connectivity index (χ1n) is 5.30. The summed E-state index contributed by atoms with van der Waals surface area (Å²) in [5.41, 5.74) is 1.70. The Labute approximate surface area is 106 Å². The molecule has 0 amide bonds. The molecule has 0 fully saturated rings.